The third-order valence-corrected chi connectivity index (χ3v) is 3.33. The number of hydrogen-bond acceptors (Lipinski definition) is 2. The summed E-state index contributed by atoms with van der Waals surface area (Å²) < 4.78 is 37.4. The van der Waals surface area contributed by atoms with Gasteiger partial charge in [-0.15, -0.1) is 0 Å². The lowest BCUT2D eigenvalue weighted by Gasteiger charge is -2.06. The van der Waals surface area contributed by atoms with Gasteiger partial charge in [-0.3, -0.25) is 4.79 Å². The number of urea groups is 1. The zero-order chi connectivity index (χ0) is 19.2. The fraction of sp³-hybridized carbons (Fsp3) is 0.111. The molecule has 26 heavy (non-hydrogen) atoms. The van der Waals surface area contributed by atoms with Gasteiger partial charge in [-0.05, 0) is 41.5 Å². The van der Waals surface area contributed by atoms with E-state index < -0.39 is 23.7 Å². The van der Waals surface area contributed by atoms with E-state index in [1.165, 1.54) is 24.3 Å². The molecule has 0 radical (unpaired) electrons. The van der Waals surface area contributed by atoms with Crippen molar-refractivity contribution in [2.75, 3.05) is 5.32 Å². The van der Waals surface area contributed by atoms with Crippen molar-refractivity contribution in [2.45, 2.75) is 12.7 Å². The highest BCUT2D eigenvalue weighted by Crippen LogP contribution is 2.29. The van der Waals surface area contributed by atoms with Crippen molar-refractivity contribution in [3.05, 3.63) is 71.3 Å². The first-order chi connectivity index (χ1) is 12.2. The van der Waals surface area contributed by atoms with Gasteiger partial charge in [0.15, 0.2) is 0 Å². The Kier molecular flexibility index (Phi) is 6.00. The highest BCUT2D eigenvalue weighted by molar-refractivity contribution is 5.91. The molecule has 4 N–H and O–H groups in total. The van der Waals surface area contributed by atoms with E-state index in [9.17, 15) is 22.8 Å². The summed E-state index contributed by atoms with van der Waals surface area (Å²) in [4.78, 5) is 22.6. The Hall–Kier alpha value is -3.29. The summed E-state index contributed by atoms with van der Waals surface area (Å²) in [6.07, 6.45) is -1.74. The van der Waals surface area contributed by atoms with Crippen LogP contribution in [0.25, 0.3) is 6.08 Å². The standard InChI is InChI=1S/C18H16F3N3O2/c19-18(20,21)14-7-4-12(5-8-14)6-9-16(25)23-11-13-2-1-3-15(10-13)24-17(22)26/h1-10H,11H2,(H,23,25)(H3,22,24,26)/b9-6-. The van der Waals surface area contributed by atoms with Gasteiger partial charge in [0.1, 0.15) is 0 Å². The van der Waals surface area contributed by atoms with Gasteiger partial charge < -0.3 is 16.4 Å². The first kappa shape index (κ1) is 19.0. The molecule has 0 bridgehead atoms. The summed E-state index contributed by atoms with van der Waals surface area (Å²) in [5.74, 6) is -0.404. The summed E-state index contributed by atoms with van der Waals surface area (Å²) in [6, 6.07) is 10.5. The van der Waals surface area contributed by atoms with Crippen molar-refractivity contribution < 1.29 is 22.8 Å². The Morgan fingerprint density at radius 2 is 1.77 bits per heavy atom. The van der Waals surface area contributed by atoms with Gasteiger partial charge in [0.2, 0.25) is 5.91 Å². The summed E-state index contributed by atoms with van der Waals surface area (Å²) in [5, 5.41) is 5.06. The number of anilines is 1. The van der Waals surface area contributed by atoms with Gasteiger partial charge in [-0.2, -0.15) is 13.2 Å². The molecule has 2 rings (SSSR count). The molecule has 0 saturated heterocycles. The Morgan fingerprint density at radius 1 is 1.08 bits per heavy atom. The molecule has 0 fully saturated rings. The lowest BCUT2D eigenvalue weighted by molar-refractivity contribution is -0.137. The van der Waals surface area contributed by atoms with Crippen molar-refractivity contribution in [1.29, 1.82) is 0 Å². The number of primary amides is 1. The maximum atomic E-state index is 12.5. The van der Waals surface area contributed by atoms with E-state index in [0.717, 1.165) is 17.7 Å². The van der Waals surface area contributed by atoms with Crippen LogP contribution in [0.15, 0.2) is 54.6 Å². The molecule has 8 heteroatoms. The van der Waals surface area contributed by atoms with E-state index in [1.807, 2.05) is 0 Å². The van der Waals surface area contributed by atoms with Crippen molar-refractivity contribution in [2.24, 2.45) is 5.73 Å². The molecule has 0 saturated carbocycles. The van der Waals surface area contributed by atoms with Crippen LogP contribution in [0.2, 0.25) is 0 Å². The van der Waals surface area contributed by atoms with Gasteiger partial charge in [-0.25, -0.2) is 4.79 Å². The van der Waals surface area contributed by atoms with E-state index in [-0.39, 0.29) is 6.54 Å². The number of benzene rings is 2. The zero-order valence-electron chi connectivity index (χ0n) is 13.5. The molecule has 0 aromatic heterocycles. The maximum absolute atomic E-state index is 12.5. The van der Waals surface area contributed by atoms with Gasteiger partial charge in [0, 0.05) is 18.3 Å². The third kappa shape index (κ3) is 5.97. The molecular weight excluding hydrogens is 347 g/mol. The predicted molar refractivity (Wildman–Crippen MR) is 92.0 cm³/mol. The first-order valence-electron chi connectivity index (χ1n) is 7.52. The smallest absolute Gasteiger partial charge is 0.351 e. The minimum atomic E-state index is -4.39. The molecule has 2 aromatic carbocycles. The Bertz CT molecular complexity index is 815. The topological polar surface area (TPSA) is 84.2 Å². The van der Waals surface area contributed by atoms with Gasteiger partial charge in [0.05, 0.1) is 5.56 Å². The molecule has 0 unspecified atom stereocenters. The Balaban J connectivity index is 1.90. The second kappa shape index (κ2) is 8.19. The van der Waals surface area contributed by atoms with Gasteiger partial charge in [-0.1, -0.05) is 24.3 Å². The third-order valence-electron chi connectivity index (χ3n) is 3.33. The van der Waals surface area contributed by atoms with E-state index >= 15 is 0 Å². The molecule has 0 atom stereocenters. The lowest BCUT2D eigenvalue weighted by Crippen LogP contribution is -2.21. The molecule has 0 spiro atoms. The SMILES string of the molecule is NC(=O)Nc1cccc(CNC(=O)/C=C\c2ccc(C(F)(F)F)cc2)c1. The van der Waals surface area contributed by atoms with Crippen LogP contribution in [-0.2, 0) is 17.5 Å². The molecule has 2 aromatic rings. The second-order valence-electron chi connectivity index (χ2n) is 5.36. The van der Waals surface area contributed by atoms with E-state index in [2.05, 4.69) is 10.6 Å². The number of nitrogens with two attached hydrogens (primary N) is 1. The minimum absolute atomic E-state index is 0.213. The van der Waals surface area contributed by atoms with Crippen LogP contribution in [-0.4, -0.2) is 11.9 Å². The number of nitrogens with one attached hydrogen (secondary N) is 2. The number of alkyl halides is 3. The van der Waals surface area contributed by atoms with Crippen LogP contribution < -0.4 is 16.4 Å². The van der Waals surface area contributed by atoms with Crippen molar-refractivity contribution >= 4 is 23.7 Å². The second-order valence-corrected chi connectivity index (χ2v) is 5.36. The molecule has 0 aliphatic heterocycles. The molecular formula is C18H16F3N3O2. The predicted octanol–water partition coefficient (Wildman–Crippen LogP) is 3.53. The molecule has 3 amide bonds. The average molecular weight is 363 g/mol. The van der Waals surface area contributed by atoms with Crippen LogP contribution >= 0.6 is 0 Å². The summed E-state index contributed by atoms with van der Waals surface area (Å²) >= 11 is 0. The van der Waals surface area contributed by atoms with E-state index in [4.69, 9.17) is 5.73 Å². The molecule has 0 heterocycles. The zero-order valence-corrected chi connectivity index (χ0v) is 13.5. The van der Waals surface area contributed by atoms with Crippen LogP contribution in [0.3, 0.4) is 0 Å². The monoisotopic (exact) mass is 363 g/mol. The fourth-order valence-corrected chi connectivity index (χ4v) is 2.10. The summed E-state index contributed by atoms with van der Waals surface area (Å²) in [7, 11) is 0. The van der Waals surface area contributed by atoms with Crippen LogP contribution in [0.1, 0.15) is 16.7 Å². The number of carbonyl (C=O) groups is 2. The number of rotatable bonds is 5. The average Bonchev–Trinajstić information content (AvgIpc) is 2.57. The Morgan fingerprint density at radius 3 is 2.38 bits per heavy atom. The maximum Gasteiger partial charge on any atom is 0.416 e. The highest BCUT2D eigenvalue weighted by Gasteiger charge is 2.29. The van der Waals surface area contributed by atoms with E-state index in [1.54, 1.807) is 24.3 Å². The normalized spacial score (nSPS) is 11.3. The number of hydrogen-bond donors (Lipinski definition) is 3. The first-order valence-corrected chi connectivity index (χ1v) is 7.52. The number of amides is 3. The highest BCUT2D eigenvalue weighted by atomic mass is 19.4. The van der Waals surface area contributed by atoms with Gasteiger partial charge in [0.25, 0.3) is 0 Å². The van der Waals surface area contributed by atoms with Crippen LogP contribution in [0, 0.1) is 0 Å². The summed E-state index contributed by atoms with van der Waals surface area (Å²) in [5.41, 5.74) is 6.01. The molecule has 136 valence electrons. The van der Waals surface area contributed by atoms with Gasteiger partial charge >= 0.3 is 12.2 Å². The van der Waals surface area contributed by atoms with Crippen LogP contribution in [0.4, 0.5) is 23.7 Å². The molecule has 5 nitrogen and oxygen atoms in total. The molecule has 0 aliphatic carbocycles. The van der Waals surface area contributed by atoms with E-state index in [0.29, 0.717) is 11.3 Å². The fourth-order valence-electron chi connectivity index (χ4n) is 2.10. The number of halogens is 3. The quantitative estimate of drug-likeness (QED) is 0.710. The summed E-state index contributed by atoms with van der Waals surface area (Å²) in [6.45, 7) is 0.213. The largest absolute Gasteiger partial charge is 0.416 e. The van der Waals surface area contributed by atoms with Crippen LogP contribution in [0.5, 0.6) is 0 Å². The number of carbonyl (C=O) groups excluding carboxylic acids is 2. The lowest BCUT2D eigenvalue weighted by atomic mass is 10.1. The Labute approximate surface area is 147 Å². The minimum Gasteiger partial charge on any atom is -0.351 e. The van der Waals surface area contributed by atoms with Crippen molar-refractivity contribution in [3.63, 3.8) is 0 Å². The van der Waals surface area contributed by atoms with Crippen molar-refractivity contribution in [3.8, 4) is 0 Å². The molecule has 0 aliphatic rings. The van der Waals surface area contributed by atoms with Crippen molar-refractivity contribution in [1.82, 2.24) is 5.32 Å².